The zero-order valence-electron chi connectivity index (χ0n) is 17.0. The van der Waals surface area contributed by atoms with Crippen molar-refractivity contribution in [2.75, 3.05) is 16.8 Å². The van der Waals surface area contributed by atoms with Gasteiger partial charge in [0.2, 0.25) is 5.91 Å². The second-order valence-electron chi connectivity index (χ2n) is 7.12. The van der Waals surface area contributed by atoms with E-state index in [9.17, 15) is 14.4 Å². The first kappa shape index (κ1) is 21.4. The standard InChI is InChI=1S/C23H21N3O3S2/c1-15(27)17-7-9-18(10-8-17)24-20(28)14-31-23-25-19-11-12-30-21(19)22(29)26(23)13-16-5-3-2-4-6-16/h2-10H,11-14H2,1H3,(H,24,28). The average molecular weight is 452 g/mol. The number of nitrogens with zero attached hydrogens (tertiary/aromatic N) is 2. The van der Waals surface area contributed by atoms with Crippen LogP contribution in [0.5, 0.6) is 0 Å². The largest absolute Gasteiger partial charge is 0.325 e. The molecule has 0 unspecified atom stereocenters. The molecule has 158 valence electrons. The van der Waals surface area contributed by atoms with Gasteiger partial charge >= 0.3 is 0 Å². The van der Waals surface area contributed by atoms with E-state index in [-0.39, 0.29) is 23.0 Å². The maximum atomic E-state index is 13.1. The van der Waals surface area contributed by atoms with Gasteiger partial charge in [-0.1, -0.05) is 42.1 Å². The van der Waals surface area contributed by atoms with E-state index in [0.717, 1.165) is 28.3 Å². The molecule has 3 aromatic rings. The lowest BCUT2D eigenvalue weighted by atomic mass is 10.1. The lowest BCUT2D eigenvalue weighted by Crippen LogP contribution is -2.26. The van der Waals surface area contributed by atoms with Crippen LogP contribution in [0.1, 0.15) is 28.5 Å². The molecule has 1 N–H and O–H groups in total. The van der Waals surface area contributed by atoms with E-state index in [0.29, 0.717) is 23.0 Å². The van der Waals surface area contributed by atoms with Crippen LogP contribution < -0.4 is 10.9 Å². The molecule has 1 aliphatic rings. The number of hydrogen-bond acceptors (Lipinski definition) is 6. The third-order valence-corrected chi connectivity index (χ3v) is 6.92. The zero-order chi connectivity index (χ0) is 21.8. The predicted molar refractivity (Wildman–Crippen MR) is 124 cm³/mol. The summed E-state index contributed by atoms with van der Waals surface area (Å²) >= 11 is 2.81. The number of hydrogen-bond donors (Lipinski definition) is 1. The number of benzene rings is 2. The molecule has 0 aliphatic carbocycles. The van der Waals surface area contributed by atoms with Crippen molar-refractivity contribution in [3.05, 3.63) is 81.8 Å². The topological polar surface area (TPSA) is 81.1 Å². The minimum Gasteiger partial charge on any atom is -0.325 e. The maximum absolute atomic E-state index is 13.1. The molecular formula is C23H21N3O3S2. The number of thioether (sulfide) groups is 2. The summed E-state index contributed by atoms with van der Waals surface area (Å²) in [5.74, 6) is 0.761. The van der Waals surface area contributed by atoms with Gasteiger partial charge in [0.15, 0.2) is 10.9 Å². The molecule has 0 atom stereocenters. The molecule has 0 spiro atoms. The molecule has 0 fully saturated rings. The number of ketones is 1. The van der Waals surface area contributed by atoms with Crippen LogP contribution in [-0.2, 0) is 17.8 Å². The van der Waals surface area contributed by atoms with Gasteiger partial charge in [0.25, 0.3) is 5.56 Å². The molecule has 2 aromatic carbocycles. The average Bonchev–Trinajstić information content (AvgIpc) is 3.24. The number of rotatable bonds is 7. The Morgan fingerprint density at radius 1 is 1.13 bits per heavy atom. The number of aryl methyl sites for hydroxylation is 1. The highest BCUT2D eigenvalue weighted by Gasteiger charge is 2.22. The van der Waals surface area contributed by atoms with Crippen molar-refractivity contribution < 1.29 is 9.59 Å². The van der Waals surface area contributed by atoms with E-state index in [2.05, 4.69) is 5.32 Å². The van der Waals surface area contributed by atoms with Crippen molar-refractivity contribution in [3.8, 4) is 0 Å². The molecule has 4 rings (SSSR count). The first-order valence-electron chi connectivity index (χ1n) is 9.85. The smallest absolute Gasteiger partial charge is 0.268 e. The summed E-state index contributed by atoms with van der Waals surface area (Å²) in [5, 5.41) is 3.38. The van der Waals surface area contributed by atoms with Gasteiger partial charge in [-0.25, -0.2) is 4.98 Å². The van der Waals surface area contributed by atoms with Crippen LogP contribution in [0.3, 0.4) is 0 Å². The Labute approximate surface area is 188 Å². The highest BCUT2D eigenvalue weighted by molar-refractivity contribution is 8.00. The van der Waals surface area contributed by atoms with E-state index in [1.54, 1.807) is 40.6 Å². The number of carbonyl (C=O) groups excluding carboxylic acids is 2. The Bertz CT molecular complexity index is 1180. The summed E-state index contributed by atoms with van der Waals surface area (Å²) in [4.78, 5) is 42.4. The highest BCUT2D eigenvalue weighted by Crippen LogP contribution is 2.29. The van der Waals surface area contributed by atoms with E-state index in [4.69, 9.17) is 4.98 Å². The van der Waals surface area contributed by atoms with Crippen LogP contribution in [0, 0.1) is 0 Å². The van der Waals surface area contributed by atoms with Gasteiger partial charge in [-0.15, -0.1) is 11.8 Å². The fraction of sp³-hybridized carbons (Fsp3) is 0.217. The number of fused-ring (bicyclic) bond motifs is 1. The molecule has 31 heavy (non-hydrogen) atoms. The fourth-order valence-corrected chi connectivity index (χ4v) is 5.11. The summed E-state index contributed by atoms with van der Waals surface area (Å²) in [6, 6.07) is 16.5. The highest BCUT2D eigenvalue weighted by atomic mass is 32.2. The Morgan fingerprint density at radius 2 is 1.87 bits per heavy atom. The summed E-state index contributed by atoms with van der Waals surface area (Å²) in [5.41, 5.74) is 3.00. The van der Waals surface area contributed by atoms with Gasteiger partial charge in [-0.3, -0.25) is 19.0 Å². The van der Waals surface area contributed by atoms with Crippen LogP contribution in [0.2, 0.25) is 0 Å². The molecule has 0 saturated carbocycles. The molecule has 0 saturated heterocycles. The normalized spacial score (nSPS) is 12.4. The minimum absolute atomic E-state index is 0.0225. The SMILES string of the molecule is CC(=O)c1ccc(NC(=O)CSc2nc3c(c(=O)n2Cc2ccccc2)SCC3)cc1. The van der Waals surface area contributed by atoms with Gasteiger partial charge < -0.3 is 5.32 Å². The first-order chi connectivity index (χ1) is 15.0. The van der Waals surface area contributed by atoms with Crippen LogP contribution in [0.4, 0.5) is 5.69 Å². The van der Waals surface area contributed by atoms with Gasteiger partial charge in [0, 0.05) is 23.4 Å². The number of nitrogens with one attached hydrogen (secondary N) is 1. The Kier molecular flexibility index (Phi) is 6.58. The molecule has 1 aliphatic heterocycles. The van der Waals surface area contributed by atoms with Crippen molar-refractivity contribution in [3.63, 3.8) is 0 Å². The maximum Gasteiger partial charge on any atom is 0.268 e. The van der Waals surface area contributed by atoms with Gasteiger partial charge in [0.1, 0.15) is 0 Å². The van der Waals surface area contributed by atoms with Crippen molar-refractivity contribution in [1.82, 2.24) is 9.55 Å². The molecule has 0 bridgehead atoms. The summed E-state index contributed by atoms with van der Waals surface area (Å²) in [6.07, 6.45) is 0.768. The zero-order valence-corrected chi connectivity index (χ0v) is 18.6. The lowest BCUT2D eigenvalue weighted by Gasteiger charge is -2.14. The number of carbonyl (C=O) groups is 2. The number of anilines is 1. The summed E-state index contributed by atoms with van der Waals surface area (Å²) in [6.45, 7) is 1.91. The quantitative estimate of drug-likeness (QED) is 0.334. The van der Waals surface area contributed by atoms with Crippen molar-refractivity contribution in [2.45, 2.75) is 29.9 Å². The Balaban J connectivity index is 1.50. The summed E-state index contributed by atoms with van der Waals surface area (Å²) < 4.78 is 1.66. The predicted octanol–water partition coefficient (Wildman–Crippen LogP) is 3.87. The lowest BCUT2D eigenvalue weighted by molar-refractivity contribution is -0.113. The van der Waals surface area contributed by atoms with E-state index in [1.165, 1.54) is 18.7 Å². The Morgan fingerprint density at radius 3 is 2.58 bits per heavy atom. The number of amides is 1. The van der Waals surface area contributed by atoms with Gasteiger partial charge in [0.05, 0.1) is 22.9 Å². The third kappa shape index (κ3) is 5.08. The molecule has 0 radical (unpaired) electrons. The van der Waals surface area contributed by atoms with Crippen LogP contribution in [0.25, 0.3) is 0 Å². The van der Waals surface area contributed by atoms with E-state index < -0.39 is 0 Å². The van der Waals surface area contributed by atoms with Gasteiger partial charge in [-0.05, 0) is 36.8 Å². The van der Waals surface area contributed by atoms with Crippen molar-refractivity contribution in [1.29, 1.82) is 0 Å². The van der Waals surface area contributed by atoms with Crippen molar-refractivity contribution >= 4 is 40.9 Å². The minimum atomic E-state index is -0.198. The number of aromatic nitrogens is 2. The molecule has 6 nitrogen and oxygen atoms in total. The summed E-state index contributed by atoms with van der Waals surface area (Å²) in [7, 11) is 0. The molecule has 8 heteroatoms. The van der Waals surface area contributed by atoms with Crippen LogP contribution in [-0.4, -0.2) is 32.7 Å². The molecule has 1 amide bonds. The van der Waals surface area contributed by atoms with E-state index in [1.807, 2.05) is 30.3 Å². The van der Waals surface area contributed by atoms with Crippen LogP contribution in [0.15, 0.2) is 69.4 Å². The fourth-order valence-electron chi connectivity index (χ4n) is 3.25. The second-order valence-corrected chi connectivity index (χ2v) is 9.16. The molecule has 2 heterocycles. The van der Waals surface area contributed by atoms with E-state index >= 15 is 0 Å². The number of Topliss-reactive ketones (excluding diaryl/α,β-unsaturated/α-hetero) is 1. The Hall–Kier alpha value is -2.84. The third-order valence-electron chi connectivity index (χ3n) is 4.84. The van der Waals surface area contributed by atoms with Crippen LogP contribution >= 0.6 is 23.5 Å². The monoisotopic (exact) mass is 451 g/mol. The molecule has 1 aromatic heterocycles. The van der Waals surface area contributed by atoms with Crippen molar-refractivity contribution in [2.24, 2.45) is 0 Å². The second kappa shape index (κ2) is 9.53. The molecular weight excluding hydrogens is 430 g/mol. The first-order valence-corrected chi connectivity index (χ1v) is 11.8. The van der Waals surface area contributed by atoms with Gasteiger partial charge in [-0.2, -0.15) is 0 Å².